The molecule has 0 fully saturated rings. The van der Waals surface area contributed by atoms with Gasteiger partial charge in [-0.2, -0.15) is 5.10 Å². The molecule has 6 heteroatoms. The lowest BCUT2D eigenvalue weighted by Crippen LogP contribution is -2.13. The third-order valence-electron chi connectivity index (χ3n) is 2.73. The minimum absolute atomic E-state index is 0.0884. The Morgan fingerprint density at radius 2 is 2.11 bits per heavy atom. The van der Waals surface area contributed by atoms with Crippen LogP contribution in [0.2, 0.25) is 0 Å². The summed E-state index contributed by atoms with van der Waals surface area (Å²) in [4.78, 5) is 0. The first kappa shape index (κ1) is 13.1. The molecule has 19 heavy (non-hydrogen) atoms. The molecule has 0 aliphatic carbocycles. The maximum atomic E-state index is 13.7. The smallest absolute Gasteiger partial charge is 0.229 e. The molecule has 5 nitrogen and oxygen atoms in total. The first-order valence-electron chi connectivity index (χ1n) is 5.72. The summed E-state index contributed by atoms with van der Waals surface area (Å²) in [6.07, 6.45) is 0. The molecule has 0 spiro atoms. The first-order valence-corrected chi connectivity index (χ1v) is 5.72. The van der Waals surface area contributed by atoms with Gasteiger partial charge in [0, 0.05) is 7.05 Å². The van der Waals surface area contributed by atoms with Crippen LogP contribution in [0.4, 0.5) is 4.39 Å². The Hall–Kier alpha value is -2.37. The van der Waals surface area contributed by atoms with Crippen molar-refractivity contribution in [2.24, 2.45) is 12.8 Å². The molecule has 100 valence electrons. The highest BCUT2D eigenvalue weighted by Crippen LogP contribution is 2.29. The molecule has 1 heterocycles. The number of halogens is 1. The highest BCUT2D eigenvalue weighted by Gasteiger charge is 2.19. The molecule has 0 aliphatic rings. The Bertz CT molecular complexity index is 648. The second kappa shape index (κ2) is 4.72. The molecule has 0 radical (unpaired) electrons. The molecule has 2 aromatic rings. The van der Waals surface area contributed by atoms with Gasteiger partial charge < -0.3 is 10.5 Å². The number of ether oxygens (including phenoxy) is 1. The van der Waals surface area contributed by atoms with Crippen LogP contribution in [0.15, 0.2) is 18.2 Å². The van der Waals surface area contributed by atoms with E-state index in [1.54, 1.807) is 26.1 Å². The van der Waals surface area contributed by atoms with Crippen molar-refractivity contribution in [3.05, 3.63) is 40.8 Å². The van der Waals surface area contributed by atoms with E-state index in [1.165, 1.54) is 10.7 Å². The molecule has 3 N–H and O–H groups in total. The molecule has 0 saturated carbocycles. The number of nitrogens with one attached hydrogen (secondary N) is 1. The Morgan fingerprint density at radius 1 is 1.42 bits per heavy atom. The third kappa shape index (κ3) is 2.42. The number of hydrogen-bond acceptors (Lipinski definition) is 3. The van der Waals surface area contributed by atoms with E-state index >= 15 is 0 Å². The van der Waals surface area contributed by atoms with Gasteiger partial charge in [-0.1, -0.05) is 6.07 Å². The van der Waals surface area contributed by atoms with Crippen LogP contribution in [0.1, 0.15) is 16.8 Å². The quantitative estimate of drug-likeness (QED) is 0.658. The fourth-order valence-electron chi connectivity index (χ4n) is 1.86. The molecule has 0 amide bonds. The number of nitrogen functional groups attached to an aromatic ring is 1. The molecule has 0 bridgehead atoms. The number of hydrogen-bond donors (Lipinski definition) is 2. The number of aromatic nitrogens is 2. The standard InChI is InChI=1S/C13H15FN4O/c1-7-4-5-9(14)10(6-7)19-13-11(12(15)16)8(2)17-18(13)3/h4-6H,1-3H3,(H3,15,16). The van der Waals surface area contributed by atoms with Crippen LogP contribution in [-0.4, -0.2) is 15.6 Å². The van der Waals surface area contributed by atoms with Crippen molar-refractivity contribution < 1.29 is 9.13 Å². The summed E-state index contributed by atoms with van der Waals surface area (Å²) in [7, 11) is 1.66. The van der Waals surface area contributed by atoms with Gasteiger partial charge in [-0.3, -0.25) is 5.41 Å². The van der Waals surface area contributed by atoms with E-state index < -0.39 is 5.82 Å². The molecule has 0 saturated heterocycles. The van der Waals surface area contributed by atoms with Crippen molar-refractivity contribution in [1.29, 1.82) is 5.41 Å². The molecular formula is C13H15FN4O. The van der Waals surface area contributed by atoms with Crippen molar-refractivity contribution in [1.82, 2.24) is 9.78 Å². The van der Waals surface area contributed by atoms with Crippen LogP contribution in [0.3, 0.4) is 0 Å². The second-order valence-electron chi connectivity index (χ2n) is 4.34. The highest BCUT2D eigenvalue weighted by molar-refractivity contribution is 5.98. The summed E-state index contributed by atoms with van der Waals surface area (Å²) in [5.74, 6) is -0.285. The van der Waals surface area contributed by atoms with Gasteiger partial charge in [0.15, 0.2) is 11.6 Å². The van der Waals surface area contributed by atoms with Crippen LogP contribution >= 0.6 is 0 Å². The zero-order valence-corrected chi connectivity index (χ0v) is 11.0. The summed E-state index contributed by atoms with van der Waals surface area (Å²) in [5.41, 5.74) is 7.33. The minimum atomic E-state index is -0.473. The van der Waals surface area contributed by atoms with Crippen LogP contribution in [0.5, 0.6) is 11.6 Å². The lowest BCUT2D eigenvalue weighted by atomic mass is 10.2. The Kier molecular flexibility index (Phi) is 3.25. The van der Waals surface area contributed by atoms with Gasteiger partial charge in [0.25, 0.3) is 0 Å². The van der Waals surface area contributed by atoms with Crippen molar-refractivity contribution in [2.45, 2.75) is 13.8 Å². The maximum absolute atomic E-state index is 13.7. The van der Waals surface area contributed by atoms with Crippen LogP contribution in [0, 0.1) is 25.1 Å². The molecule has 0 aliphatic heterocycles. The van der Waals surface area contributed by atoms with Gasteiger partial charge in [0.05, 0.1) is 5.69 Å². The van der Waals surface area contributed by atoms with Crippen molar-refractivity contribution >= 4 is 5.84 Å². The Morgan fingerprint density at radius 3 is 2.74 bits per heavy atom. The lowest BCUT2D eigenvalue weighted by Gasteiger charge is -2.09. The molecule has 2 rings (SSSR count). The van der Waals surface area contributed by atoms with Gasteiger partial charge in [-0.05, 0) is 31.5 Å². The summed E-state index contributed by atoms with van der Waals surface area (Å²) in [5, 5.41) is 11.7. The van der Waals surface area contributed by atoms with Crippen molar-refractivity contribution in [3.63, 3.8) is 0 Å². The molecule has 1 aromatic carbocycles. The Balaban J connectivity index is 2.49. The number of nitrogens with two attached hydrogens (primary N) is 1. The lowest BCUT2D eigenvalue weighted by molar-refractivity contribution is 0.402. The molecule has 0 atom stereocenters. The number of aryl methyl sites for hydroxylation is 3. The summed E-state index contributed by atoms with van der Waals surface area (Å²) >= 11 is 0. The zero-order valence-electron chi connectivity index (χ0n) is 11.0. The van der Waals surface area contributed by atoms with Gasteiger partial charge >= 0.3 is 0 Å². The van der Waals surface area contributed by atoms with E-state index in [1.807, 2.05) is 6.92 Å². The van der Waals surface area contributed by atoms with Crippen LogP contribution in [0.25, 0.3) is 0 Å². The van der Waals surface area contributed by atoms with E-state index in [-0.39, 0.29) is 17.5 Å². The second-order valence-corrected chi connectivity index (χ2v) is 4.34. The number of nitrogens with zero attached hydrogens (tertiary/aromatic N) is 2. The summed E-state index contributed by atoms with van der Waals surface area (Å²) in [6.45, 7) is 3.56. The summed E-state index contributed by atoms with van der Waals surface area (Å²) in [6, 6.07) is 4.57. The molecule has 1 aromatic heterocycles. The van der Waals surface area contributed by atoms with Crippen LogP contribution in [-0.2, 0) is 7.05 Å². The van der Waals surface area contributed by atoms with E-state index in [0.29, 0.717) is 11.3 Å². The topological polar surface area (TPSA) is 76.9 Å². The monoisotopic (exact) mass is 262 g/mol. The van der Waals surface area contributed by atoms with Crippen molar-refractivity contribution in [2.75, 3.05) is 0 Å². The van der Waals surface area contributed by atoms with E-state index in [9.17, 15) is 4.39 Å². The number of benzene rings is 1. The number of rotatable bonds is 3. The zero-order chi connectivity index (χ0) is 14.2. The first-order chi connectivity index (χ1) is 8.90. The minimum Gasteiger partial charge on any atom is -0.435 e. The number of amidine groups is 1. The fourth-order valence-corrected chi connectivity index (χ4v) is 1.86. The normalized spacial score (nSPS) is 10.5. The van der Waals surface area contributed by atoms with E-state index in [2.05, 4.69) is 5.10 Å². The fraction of sp³-hybridized carbons (Fsp3) is 0.231. The van der Waals surface area contributed by atoms with E-state index in [0.717, 1.165) is 5.56 Å². The third-order valence-corrected chi connectivity index (χ3v) is 2.73. The molecule has 0 unspecified atom stereocenters. The van der Waals surface area contributed by atoms with E-state index in [4.69, 9.17) is 15.9 Å². The summed E-state index contributed by atoms with van der Waals surface area (Å²) < 4.78 is 20.7. The van der Waals surface area contributed by atoms with Gasteiger partial charge in [0.2, 0.25) is 5.88 Å². The highest BCUT2D eigenvalue weighted by atomic mass is 19.1. The predicted octanol–water partition coefficient (Wildman–Crippen LogP) is 2.25. The van der Waals surface area contributed by atoms with Crippen LogP contribution < -0.4 is 10.5 Å². The molecular weight excluding hydrogens is 247 g/mol. The maximum Gasteiger partial charge on any atom is 0.229 e. The predicted molar refractivity (Wildman–Crippen MR) is 70.2 cm³/mol. The van der Waals surface area contributed by atoms with Crippen molar-refractivity contribution in [3.8, 4) is 11.6 Å². The SMILES string of the molecule is Cc1ccc(F)c(Oc2c(C(=N)N)c(C)nn2C)c1. The average Bonchev–Trinajstić information content (AvgIpc) is 2.59. The Labute approximate surface area is 110 Å². The van der Waals surface area contributed by atoms with Gasteiger partial charge in [-0.15, -0.1) is 0 Å². The largest absolute Gasteiger partial charge is 0.435 e. The average molecular weight is 262 g/mol. The van der Waals surface area contributed by atoms with Gasteiger partial charge in [-0.25, -0.2) is 9.07 Å². The van der Waals surface area contributed by atoms with Gasteiger partial charge in [0.1, 0.15) is 11.4 Å².